The maximum Gasteiger partial charge on any atom is 0.269 e. The first-order valence-electron chi connectivity index (χ1n) is 7.69. The number of hydrogen-bond donors (Lipinski definition) is 3. The quantitative estimate of drug-likeness (QED) is 0.645. The van der Waals surface area contributed by atoms with E-state index < -0.39 is 11.8 Å². The number of carbonyl (C=O) groups excluding carboxylic acids is 2. The number of hydrazine groups is 1. The second-order valence-corrected chi connectivity index (χ2v) is 5.40. The Morgan fingerprint density at radius 3 is 1.56 bits per heavy atom. The van der Waals surface area contributed by atoms with Crippen LogP contribution in [0.3, 0.4) is 0 Å². The summed E-state index contributed by atoms with van der Waals surface area (Å²) in [5, 5.41) is 9.21. The molecule has 0 spiro atoms. The summed E-state index contributed by atoms with van der Waals surface area (Å²) in [5.41, 5.74) is 7.55. The molecular weight excluding hydrogens is 316 g/mol. The topological polar surface area (TPSA) is 78.4 Å². The van der Waals surface area contributed by atoms with Crippen LogP contribution in [0.4, 0.5) is 0 Å². The maximum absolute atomic E-state index is 12.1. The summed E-state index contributed by atoms with van der Waals surface area (Å²) in [4.78, 5) is 24.0. The second-order valence-electron chi connectivity index (χ2n) is 5.40. The molecule has 3 aromatic rings. The zero-order valence-corrected chi connectivity index (χ0v) is 13.3. The Labute approximate surface area is 144 Å². The summed E-state index contributed by atoms with van der Waals surface area (Å²) in [6.07, 6.45) is 0. The molecule has 2 amide bonds. The van der Waals surface area contributed by atoms with E-state index in [0.717, 1.165) is 11.1 Å². The third kappa shape index (κ3) is 4.03. The molecule has 124 valence electrons. The van der Waals surface area contributed by atoms with Gasteiger partial charge in [-0.2, -0.15) is 0 Å². The molecule has 3 aromatic carbocycles. The van der Waals surface area contributed by atoms with E-state index in [-0.39, 0.29) is 5.75 Å². The molecule has 0 heterocycles. The minimum Gasteiger partial charge on any atom is -0.508 e. The highest BCUT2D eigenvalue weighted by Gasteiger charge is 2.09. The van der Waals surface area contributed by atoms with Crippen molar-refractivity contribution in [3.63, 3.8) is 0 Å². The fraction of sp³-hybridized carbons (Fsp3) is 0. The van der Waals surface area contributed by atoms with Crippen LogP contribution in [0.1, 0.15) is 20.7 Å². The van der Waals surface area contributed by atoms with E-state index in [1.807, 2.05) is 42.5 Å². The molecule has 0 unspecified atom stereocenters. The molecule has 3 rings (SSSR count). The van der Waals surface area contributed by atoms with Gasteiger partial charge in [-0.3, -0.25) is 20.4 Å². The standard InChI is InChI=1S/C20H16N2O3/c23-18-12-10-17(11-13-18)20(25)22-21-19(24)16-8-6-15(7-9-16)14-4-2-1-3-5-14/h1-13,23H,(H,21,24)(H,22,25). The van der Waals surface area contributed by atoms with Gasteiger partial charge in [0, 0.05) is 11.1 Å². The molecule has 0 atom stereocenters. The van der Waals surface area contributed by atoms with Crippen molar-refractivity contribution in [1.29, 1.82) is 0 Å². The first-order valence-corrected chi connectivity index (χ1v) is 7.69. The summed E-state index contributed by atoms with van der Waals surface area (Å²) >= 11 is 0. The van der Waals surface area contributed by atoms with E-state index in [1.54, 1.807) is 12.1 Å². The average Bonchev–Trinajstić information content (AvgIpc) is 2.67. The Hall–Kier alpha value is -3.60. The number of rotatable bonds is 3. The Kier molecular flexibility index (Phi) is 4.76. The smallest absolute Gasteiger partial charge is 0.269 e. The highest BCUT2D eigenvalue weighted by Crippen LogP contribution is 2.19. The number of phenolic OH excluding ortho intramolecular Hbond substituents is 1. The van der Waals surface area contributed by atoms with E-state index in [1.165, 1.54) is 24.3 Å². The summed E-state index contributed by atoms with van der Waals surface area (Å²) in [6.45, 7) is 0. The van der Waals surface area contributed by atoms with Crippen LogP contribution in [0.5, 0.6) is 5.75 Å². The molecule has 5 nitrogen and oxygen atoms in total. The summed E-state index contributed by atoms with van der Waals surface area (Å²) in [7, 11) is 0. The lowest BCUT2D eigenvalue weighted by Gasteiger charge is -2.08. The molecule has 0 saturated heterocycles. The van der Waals surface area contributed by atoms with Gasteiger partial charge in [-0.25, -0.2) is 0 Å². The molecule has 0 fully saturated rings. The van der Waals surface area contributed by atoms with Gasteiger partial charge in [0.05, 0.1) is 0 Å². The van der Waals surface area contributed by atoms with Crippen LogP contribution in [0.15, 0.2) is 78.9 Å². The molecule has 25 heavy (non-hydrogen) atoms. The Morgan fingerprint density at radius 2 is 1.04 bits per heavy atom. The van der Waals surface area contributed by atoms with Gasteiger partial charge >= 0.3 is 0 Å². The summed E-state index contributed by atoms with van der Waals surface area (Å²) in [6, 6.07) is 22.7. The first-order chi connectivity index (χ1) is 12.1. The molecule has 0 aliphatic carbocycles. The minimum atomic E-state index is -0.464. The van der Waals surface area contributed by atoms with Crippen LogP contribution in [0, 0.1) is 0 Å². The van der Waals surface area contributed by atoms with Crippen molar-refractivity contribution in [1.82, 2.24) is 10.9 Å². The molecule has 0 aromatic heterocycles. The van der Waals surface area contributed by atoms with E-state index >= 15 is 0 Å². The summed E-state index contributed by atoms with van der Waals surface area (Å²) < 4.78 is 0. The zero-order chi connectivity index (χ0) is 17.6. The van der Waals surface area contributed by atoms with Crippen molar-refractivity contribution >= 4 is 11.8 Å². The number of hydrogen-bond acceptors (Lipinski definition) is 3. The molecule has 3 N–H and O–H groups in total. The maximum atomic E-state index is 12.1. The van der Waals surface area contributed by atoms with Crippen LogP contribution in [-0.2, 0) is 0 Å². The van der Waals surface area contributed by atoms with E-state index in [9.17, 15) is 14.7 Å². The van der Waals surface area contributed by atoms with Crippen molar-refractivity contribution in [2.75, 3.05) is 0 Å². The predicted molar refractivity (Wildman–Crippen MR) is 94.9 cm³/mol. The summed E-state index contributed by atoms with van der Waals surface area (Å²) in [5.74, 6) is -0.805. The largest absolute Gasteiger partial charge is 0.508 e. The fourth-order valence-electron chi connectivity index (χ4n) is 2.32. The molecule has 5 heteroatoms. The number of phenols is 1. The lowest BCUT2D eigenvalue weighted by molar-refractivity contribution is 0.0846. The van der Waals surface area contributed by atoms with Crippen molar-refractivity contribution in [2.45, 2.75) is 0 Å². The van der Waals surface area contributed by atoms with Gasteiger partial charge in [0.15, 0.2) is 0 Å². The molecule has 0 aliphatic heterocycles. The Balaban J connectivity index is 1.61. The van der Waals surface area contributed by atoms with Crippen molar-refractivity contribution < 1.29 is 14.7 Å². The number of carbonyl (C=O) groups is 2. The van der Waals surface area contributed by atoms with Gasteiger partial charge in [0.25, 0.3) is 11.8 Å². The van der Waals surface area contributed by atoms with Gasteiger partial charge in [-0.05, 0) is 47.5 Å². The highest BCUT2D eigenvalue weighted by molar-refractivity contribution is 5.99. The number of benzene rings is 3. The predicted octanol–water partition coefficient (Wildman–Crippen LogP) is 3.13. The monoisotopic (exact) mass is 332 g/mol. The normalized spacial score (nSPS) is 10.1. The number of amides is 2. The SMILES string of the molecule is O=C(NNC(=O)c1ccc(-c2ccccc2)cc1)c1ccc(O)cc1. The third-order valence-corrected chi connectivity index (χ3v) is 3.67. The van der Waals surface area contributed by atoms with Crippen molar-refractivity contribution in [3.8, 4) is 16.9 Å². The molecular formula is C20H16N2O3. The lowest BCUT2D eigenvalue weighted by atomic mass is 10.0. The molecule has 0 saturated carbocycles. The van der Waals surface area contributed by atoms with E-state index in [0.29, 0.717) is 11.1 Å². The number of aromatic hydroxyl groups is 1. The fourth-order valence-corrected chi connectivity index (χ4v) is 2.32. The van der Waals surface area contributed by atoms with Gasteiger partial charge in [-0.1, -0.05) is 42.5 Å². The zero-order valence-electron chi connectivity index (χ0n) is 13.3. The van der Waals surface area contributed by atoms with Gasteiger partial charge in [0.2, 0.25) is 0 Å². The first kappa shape index (κ1) is 16.3. The second kappa shape index (κ2) is 7.31. The van der Waals surface area contributed by atoms with Crippen molar-refractivity contribution in [2.24, 2.45) is 0 Å². The molecule has 0 radical (unpaired) electrons. The van der Waals surface area contributed by atoms with Gasteiger partial charge < -0.3 is 5.11 Å². The van der Waals surface area contributed by atoms with Gasteiger partial charge in [0.1, 0.15) is 5.75 Å². The Bertz CT molecular complexity index is 873. The minimum absolute atomic E-state index is 0.0686. The number of nitrogens with one attached hydrogen (secondary N) is 2. The van der Waals surface area contributed by atoms with Crippen LogP contribution in [0.2, 0.25) is 0 Å². The average molecular weight is 332 g/mol. The van der Waals surface area contributed by atoms with Crippen LogP contribution >= 0.6 is 0 Å². The van der Waals surface area contributed by atoms with E-state index in [2.05, 4.69) is 10.9 Å². The molecule has 0 aliphatic rings. The van der Waals surface area contributed by atoms with Crippen LogP contribution in [-0.4, -0.2) is 16.9 Å². The van der Waals surface area contributed by atoms with Crippen LogP contribution < -0.4 is 10.9 Å². The highest BCUT2D eigenvalue weighted by atomic mass is 16.3. The van der Waals surface area contributed by atoms with E-state index in [4.69, 9.17) is 0 Å². The Morgan fingerprint density at radius 1 is 0.600 bits per heavy atom. The third-order valence-electron chi connectivity index (χ3n) is 3.67. The van der Waals surface area contributed by atoms with Crippen LogP contribution in [0.25, 0.3) is 11.1 Å². The van der Waals surface area contributed by atoms with Crippen molar-refractivity contribution in [3.05, 3.63) is 90.0 Å². The molecule has 0 bridgehead atoms. The van der Waals surface area contributed by atoms with Gasteiger partial charge in [-0.15, -0.1) is 0 Å². The lowest BCUT2D eigenvalue weighted by Crippen LogP contribution is -2.41.